The summed E-state index contributed by atoms with van der Waals surface area (Å²) in [6, 6.07) is 16.3. The lowest BCUT2D eigenvalue weighted by molar-refractivity contribution is 1.10. The van der Waals surface area contributed by atoms with Gasteiger partial charge < -0.3 is 4.98 Å². The van der Waals surface area contributed by atoms with Gasteiger partial charge in [0.1, 0.15) is 5.69 Å². The van der Waals surface area contributed by atoms with E-state index in [-0.39, 0.29) is 0 Å². The Balaban J connectivity index is 1.92. The SMILES string of the molecule is c1ccc(-c2cnc3[nH]nc(-c4ccc[nH]4)c3c2)cc1. The van der Waals surface area contributed by atoms with Crippen LogP contribution in [0.5, 0.6) is 0 Å². The predicted molar refractivity (Wildman–Crippen MR) is 79.1 cm³/mol. The van der Waals surface area contributed by atoms with E-state index in [0.29, 0.717) is 0 Å². The molecule has 2 N–H and O–H groups in total. The molecule has 1 aromatic carbocycles. The van der Waals surface area contributed by atoms with Gasteiger partial charge in [-0.3, -0.25) is 5.10 Å². The van der Waals surface area contributed by atoms with Gasteiger partial charge in [0, 0.05) is 23.3 Å². The van der Waals surface area contributed by atoms with Crippen LogP contribution in [0.2, 0.25) is 0 Å². The van der Waals surface area contributed by atoms with Crippen LogP contribution in [0.1, 0.15) is 0 Å². The molecular weight excluding hydrogens is 248 g/mol. The van der Waals surface area contributed by atoms with Gasteiger partial charge in [0.2, 0.25) is 0 Å². The van der Waals surface area contributed by atoms with Crippen LogP contribution in [0.4, 0.5) is 0 Å². The van der Waals surface area contributed by atoms with Gasteiger partial charge in [-0.1, -0.05) is 30.3 Å². The van der Waals surface area contributed by atoms with E-state index in [1.165, 1.54) is 0 Å². The van der Waals surface area contributed by atoms with E-state index in [2.05, 4.69) is 38.4 Å². The van der Waals surface area contributed by atoms with Crippen molar-refractivity contribution in [3.63, 3.8) is 0 Å². The zero-order valence-electron chi connectivity index (χ0n) is 10.7. The van der Waals surface area contributed by atoms with Gasteiger partial charge >= 0.3 is 0 Å². The summed E-state index contributed by atoms with van der Waals surface area (Å²) in [4.78, 5) is 7.64. The third-order valence-electron chi connectivity index (χ3n) is 3.38. The van der Waals surface area contributed by atoms with Crippen molar-refractivity contribution < 1.29 is 0 Å². The summed E-state index contributed by atoms with van der Waals surface area (Å²) in [5.74, 6) is 0. The van der Waals surface area contributed by atoms with E-state index in [1.807, 2.05) is 42.7 Å². The van der Waals surface area contributed by atoms with Crippen molar-refractivity contribution in [1.82, 2.24) is 20.2 Å². The lowest BCUT2D eigenvalue weighted by Crippen LogP contribution is -1.82. The molecule has 0 aliphatic heterocycles. The number of aromatic amines is 2. The fourth-order valence-corrected chi connectivity index (χ4v) is 2.37. The van der Waals surface area contributed by atoms with Crippen molar-refractivity contribution >= 4 is 11.0 Å². The number of nitrogens with one attached hydrogen (secondary N) is 2. The Morgan fingerprint density at radius 2 is 1.80 bits per heavy atom. The fourth-order valence-electron chi connectivity index (χ4n) is 2.37. The average Bonchev–Trinajstić information content (AvgIpc) is 3.16. The monoisotopic (exact) mass is 260 g/mol. The van der Waals surface area contributed by atoms with Crippen molar-refractivity contribution in [1.29, 1.82) is 0 Å². The summed E-state index contributed by atoms with van der Waals surface area (Å²) in [7, 11) is 0. The Labute approximate surface area is 115 Å². The number of hydrogen-bond donors (Lipinski definition) is 2. The molecule has 4 nitrogen and oxygen atoms in total. The molecular formula is C16H12N4. The maximum atomic E-state index is 4.46. The second kappa shape index (κ2) is 4.35. The Morgan fingerprint density at radius 1 is 0.900 bits per heavy atom. The van der Waals surface area contributed by atoms with Gasteiger partial charge in [-0.15, -0.1) is 0 Å². The maximum absolute atomic E-state index is 4.46. The van der Waals surface area contributed by atoms with Gasteiger partial charge in [-0.2, -0.15) is 5.10 Å². The molecule has 20 heavy (non-hydrogen) atoms. The number of benzene rings is 1. The molecule has 4 aromatic rings. The van der Waals surface area contributed by atoms with E-state index in [1.54, 1.807) is 0 Å². The van der Waals surface area contributed by atoms with Gasteiger partial charge in [0.05, 0.1) is 5.69 Å². The minimum atomic E-state index is 0.800. The van der Waals surface area contributed by atoms with Crippen LogP contribution in [-0.4, -0.2) is 20.2 Å². The number of aromatic nitrogens is 4. The predicted octanol–water partition coefficient (Wildman–Crippen LogP) is 3.62. The van der Waals surface area contributed by atoms with Gasteiger partial charge in [-0.05, 0) is 23.8 Å². The number of fused-ring (bicyclic) bond motifs is 1. The van der Waals surface area contributed by atoms with Gasteiger partial charge in [0.25, 0.3) is 0 Å². The summed E-state index contributed by atoms with van der Waals surface area (Å²) in [6.45, 7) is 0. The molecule has 0 radical (unpaired) electrons. The quantitative estimate of drug-likeness (QED) is 0.578. The molecule has 0 amide bonds. The summed E-state index contributed by atoms with van der Waals surface area (Å²) in [6.07, 6.45) is 3.76. The van der Waals surface area contributed by atoms with Gasteiger partial charge in [0.15, 0.2) is 5.65 Å². The first kappa shape index (κ1) is 11.0. The Hall–Kier alpha value is -2.88. The van der Waals surface area contributed by atoms with Crippen molar-refractivity contribution in [3.05, 3.63) is 60.9 Å². The minimum absolute atomic E-state index is 0.800. The molecule has 0 fully saturated rings. The molecule has 3 aromatic heterocycles. The van der Waals surface area contributed by atoms with Crippen molar-refractivity contribution in [2.24, 2.45) is 0 Å². The first-order valence-corrected chi connectivity index (χ1v) is 6.45. The van der Waals surface area contributed by atoms with E-state index in [0.717, 1.165) is 33.5 Å². The van der Waals surface area contributed by atoms with E-state index < -0.39 is 0 Å². The molecule has 96 valence electrons. The van der Waals surface area contributed by atoms with Crippen molar-refractivity contribution in [2.45, 2.75) is 0 Å². The van der Waals surface area contributed by atoms with Crippen LogP contribution in [0.15, 0.2) is 60.9 Å². The molecule has 4 heteroatoms. The molecule has 0 unspecified atom stereocenters. The average molecular weight is 260 g/mol. The second-order valence-corrected chi connectivity index (χ2v) is 4.64. The highest BCUT2D eigenvalue weighted by Gasteiger charge is 2.10. The molecule has 0 aliphatic carbocycles. The summed E-state index contributed by atoms with van der Waals surface area (Å²) >= 11 is 0. The maximum Gasteiger partial charge on any atom is 0.155 e. The Kier molecular flexibility index (Phi) is 2.39. The van der Waals surface area contributed by atoms with E-state index in [9.17, 15) is 0 Å². The molecule has 0 aliphatic rings. The molecule has 0 saturated carbocycles. The zero-order valence-corrected chi connectivity index (χ0v) is 10.7. The second-order valence-electron chi connectivity index (χ2n) is 4.64. The Morgan fingerprint density at radius 3 is 2.60 bits per heavy atom. The molecule has 0 bridgehead atoms. The van der Waals surface area contributed by atoms with E-state index in [4.69, 9.17) is 0 Å². The fraction of sp³-hybridized carbons (Fsp3) is 0. The lowest BCUT2D eigenvalue weighted by atomic mass is 10.1. The summed E-state index contributed by atoms with van der Waals surface area (Å²) in [5, 5.41) is 8.35. The topological polar surface area (TPSA) is 57.4 Å². The van der Waals surface area contributed by atoms with Crippen molar-refractivity contribution in [3.8, 4) is 22.5 Å². The third-order valence-corrected chi connectivity index (χ3v) is 3.38. The van der Waals surface area contributed by atoms with Crippen LogP contribution in [0.3, 0.4) is 0 Å². The first-order valence-electron chi connectivity index (χ1n) is 6.45. The van der Waals surface area contributed by atoms with Crippen LogP contribution in [-0.2, 0) is 0 Å². The number of rotatable bonds is 2. The first-order chi connectivity index (χ1) is 9.92. The van der Waals surface area contributed by atoms with Crippen molar-refractivity contribution in [2.75, 3.05) is 0 Å². The van der Waals surface area contributed by atoms with Crippen LogP contribution < -0.4 is 0 Å². The van der Waals surface area contributed by atoms with Crippen LogP contribution in [0, 0.1) is 0 Å². The van der Waals surface area contributed by atoms with Crippen LogP contribution >= 0.6 is 0 Å². The molecule has 3 heterocycles. The lowest BCUT2D eigenvalue weighted by Gasteiger charge is -2.01. The number of H-pyrrole nitrogens is 2. The highest BCUT2D eigenvalue weighted by Crippen LogP contribution is 2.28. The number of pyridine rings is 1. The number of hydrogen-bond acceptors (Lipinski definition) is 2. The normalized spacial score (nSPS) is 11.0. The highest BCUT2D eigenvalue weighted by molar-refractivity contribution is 5.92. The molecule has 4 rings (SSSR count). The van der Waals surface area contributed by atoms with Crippen LogP contribution in [0.25, 0.3) is 33.5 Å². The summed E-state index contributed by atoms with van der Waals surface area (Å²) < 4.78 is 0. The number of nitrogens with zero attached hydrogens (tertiary/aromatic N) is 2. The third kappa shape index (κ3) is 1.70. The highest BCUT2D eigenvalue weighted by atomic mass is 15.2. The van der Waals surface area contributed by atoms with Gasteiger partial charge in [-0.25, -0.2) is 4.98 Å². The van der Waals surface area contributed by atoms with E-state index >= 15 is 0 Å². The zero-order chi connectivity index (χ0) is 13.4. The Bertz CT molecular complexity index is 845. The summed E-state index contributed by atoms with van der Waals surface area (Å²) in [5.41, 5.74) is 4.93. The molecule has 0 spiro atoms. The molecule has 0 saturated heterocycles. The smallest absolute Gasteiger partial charge is 0.155 e. The largest absolute Gasteiger partial charge is 0.360 e. The standard InChI is InChI=1S/C16H12N4/c1-2-5-11(6-3-1)12-9-13-15(14-7-4-8-17-14)19-20-16(13)18-10-12/h1-10,17H,(H,18,19,20). The minimum Gasteiger partial charge on any atom is -0.360 e. The molecule has 0 atom stereocenters.